The standard InChI is InChI=1S/C14H10Cl2N4O2S/c15-12-4-3-9(5-13(12)16)21-7-11-2-1-10(22-11)6-18-20-8-17-19-14(20)23/h1-6,8H,7H2,(H,19,23)/b18-6+. The summed E-state index contributed by atoms with van der Waals surface area (Å²) in [7, 11) is 0. The van der Waals surface area contributed by atoms with Crippen LogP contribution in [0.5, 0.6) is 5.75 Å². The van der Waals surface area contributed by atoms with E-state index in [0.717, 1.165) is 0 Å². The van der Waals surface area contributed by atoms with Gasteiger partial charge in [-0.3, -0.25) is 5.10 Å². The van der Waals surface area contributed by atoms with E-state index < -0.39 is 0 Å². The number of nitrogens with one attached hydrogen (secondary N) is 1. The van der Waals surface area contributed by atoms with E-state index in [-0.39, 0.29) is 6.61 Å². The van der Waals surface area contributed by atoms with E-state index in [2.05, 4.69) is 15.3 Å². The minimum Gasteiger partial charge on any atom is -0.486 e. The molecule has 23 heavy (non-hydrogen) atoms. The summed E-state index contributed by atoms with van der Waals surface area (Å²) in [4.78, 5) is 0. The Labute approximate surface area is 146 Å². The van der Waals surface area contributed by atoms with Crippen molar-refractivity contribution in [1.29, 1.82) is 0 Å². The molecule has 0 spiro atoms. The van der Waals surface area contributed by atoms with Gasteiger partial charge in [-0.25, -0.2) is 0 Å². The van der Waals surface area contributed by atoms with Gasteiger partial charge in [0.05, 0.1) is 16.3 Å². The summed E-state index contributed by atoms with van der Waals surface area (Å²) in [6, 6.07) is 8.64. The van der Waals surface area contributed by atoms with Gasteiger partial charge < -0.3 is 9.15 Å². The van der Waals surface area contributed by atoms with Crippen molar-refractivity contribution in [2.24, 2.45) is 5.10 Å². The number of benzene rings is 1. The highest BCUT2D eigenvalue weighted by Gasteiger charge is 2.04. The molecule has 1 N–H and O–H groups in total. The molecule has 0 aliphatic rings. The zero-order chi connectivity index (χ0) is 16.2. The molecule has 118 valence electrons. The van der Waals surface area contributed by atoms with Crippen molar-refractivity contribution in [3.8, 4) is 5.75 Å². The van der Waals surface area contributed by atoms with Gasteiger partial charge in [-0.15, -0.1) is 0 Å². The van der Waals surface area contributed by atoms with E-state index in [0.29, 0.717) is 32.1 Å². The Bertz CT molecular complexity index is 900. The fourth-order valence-electron chi connectivity index (χ4n) is 1.71. The first kappa shape index (κ1) is 15.8. The van der Waals surface area contributed by atoms with Gasteiger partial charge in [-0.05, 0) is 36.5 Å². The van der Waals surface area contributed by atoms with Gasteiger partial charge in [0.1, 0.15) is 30.2 Å². The zero-order valence-corrected chi connectivity index (χ0v) is 13.9. The molecule has 2 aromatic heterocycles. The summed E-state index contributed by atoms with van der Waals surface area (Å²) in [5.74, 6) is 1.82. The molecular weight excluding hydrogens is 359 g/mol. The Balaban J connectivity index is 1.63. The number of halogens is 2. The molecule has 0 aliphatic carbocycles. The first-order chi connectivity index (χ1) is 11.1. The van der Waals surface area contributed by atoms with Crippen LogP contribution < -0.4 is 4.74 Å². The molecule has 0 fully saturated rings. The van der Waals surface area contributed by atoms with Gasteiger partial charge in [-0.2, -0.15) is 14.9 Å². The van der Waals surface area contributed by atoms with Crippen molar-refractivity contribution in [3.63, 3.8) is 0 Å². The van der Waals surface area contributed by atoms with Crippen LogP contribution in [0.1, 0.15) is 11.5 Å². The quantitative estimate of drug-likeness (QED) is 0.538. The fraction of sp³-hybridized carbons (Fsp3) is 0.0714. The van der Waals surface area contributed by atoms with E-state index in [4.69, 9.17) is 44.6 Å². The normalized spacial score (nSPS) is 11.2. The van der Waals surface area contributed by atoms with E-state index in [9.17, 15) is 0 Å². The summed E-state index contributed by atoms with van der Waals surface area (Å²) in [6.07, 6.45) is 3.00. The molecule has 3 aromatic rings. The number of nitrogens with zero attached hydrogens (tertiary/aromatic N) is 3. The number of aromatic nitrogens is 3. The number of ether oxygens (including phenoxy) is 1. The van der Waals surface area contributed by atoms with E-state index >= 15 is 0 Å². The van der Waals surface area contributed by atoms with Crippen molar-refractivity contribution in [2.75, 3.05) is 0 Å². The molecule has 0 radical (unpaired) electrons. The van der Waals surface area contributed by atoms with E-state index in [1.54, 1.807) is 30.3 Å². The van der Waals surface area contributed by atoms with E-state index in [1.165, 1.54) is 17.2 Å². The fourth-order valence-corrected chi connectivity index (χ4v) is 2.14. The summed E-state index contributed by atoms with van der Waals surface area (Å²) in [6.45, 7) is 0.261. The van der Waals surface area contributed by atoms with Crippen molar-refractivity contribution >= 4 is 41.6 Å². The van der Waals surface area contributed by atoms with Crippen molar-refractivity contribution in [2.45, 2.75) is 6.61 Å². The Morgan fingerprint density at radius 3 is 2.91 bits per heavy atom. The highest BCUT2D eigenvalue weighted by atomic mass is 35.5. The molecule has 2 heterocycles. The van der Waals surface area contributed by atoms with Gasteiger partial charge >= 0.3 is 0 Å². The number of H-pyrrole nitrogens is 1. The molecule has 0 unspecified atom stereocenters. The lowest BCUT2D eigenvalue weighted by Gasteiger charge is -2.05. The second-order valence-electron chi connectivity index (χ2n) is 4.42. The van der Waals surface area contributed by atoms with Crippen LogP contribution in [0.4, 0.5) is 0 Å². The number of hydrogen-bond donors (Lipinski definition) is 1. The maximum absolute atomic E-state index is 5.93. The van der Waals surface area contributed by atoms with Crippen LogP contribution in [0, 0.1) is 4.77 Å². The molecule has 6 nitrogen and oxygen atoms in total. The van der Waals surface area contributed by atoms with Crippen LogP contribution in [0.2, 0.25) is 10.0 Å². The van der Waals surface area contributed by atoms with Gasteiger partial charge in [0.25, 0.3) is 0 Å². The second kappa shape index (κ2) is 6.99. The average molecular weight is 369 g/mol. The van der Waals surface area contributed by atoms with Crippen LogP contribution in [0.3, 0.4) is 0 Å². The van der Waals surface area contributed by atoms with Gasteiger partial charge in [-0.1, -0.05) is 23.2 Å². The molecule has 0 saturated carbocycles. The molecule has 9 heteroatoms. The first-order valence-corrected chi connectivity index (χ1v) is 7.61. The molecule has 0 bridgehead atoms. The lowest BCUT2D eigenvalue weighted by Crippen LogP contribution is -1.93. The lowest BCUT2D eigenvalue weighted by atomic mass is 10.3. The number of furan rings is 1. The predicted molar refractivity (Wildman–Crippen MR) is 89.9 cm³/mol. The summed E-state index contributed by atoms with van der Waals surface area (Å²) >= 11 is 16.8. The van der Waals surface area contributed by atoms with Crippen molar-refractivity contribution in [3.05, 3.63) is 63.0 Å². The molecule has 0 atom stereocenters. The zero-order valence-electron chi connectivity index (χ0n) is 11.6. The topological polar surface area (TPSA) is 68.3 Å². The maximum atomic E-state index is 5.93. The summed E-state index contributed by atoms with van der Waals surface area (Å²) < 4.78 is 13.0. The van der Waals surface area contributed by atoms with Crippen LogP contribution in [0.15, 0.2) is 46.2 Å². The number of aromatic amines is 1. The highest BCUT2D eigenvalue weighted by molar-refractivity contribution is 7.71. The first-order valence-electron chi connectivity index (χ1n) is 6.45. The van der Waals surface area contributed by atoms with Crippen molar-refractivity contribution < 1.29 is 9.15 Å². The van der Waals surface area contributed by atoms with Crippen LogP contribution in [-0.4, -0.2) is 21.1 Å². The molecule has 0 amide bonds. The van der Waals surface area contributed by atoms with Crippen molar-refractivity contribution in [1.82, 2.24) is 14.9 Å². The molecular formula is C14H10Cl2N4O2S. The predicted octanol–water partition coefficient (Wildman–Crippen LogP) is 4.30. The Morgan fingerprint density at radius 1 is 1.30 bits per heavy atom. The van der Waals surface area contributed by atoms with Gasteiger partial charge in [0.15, 0.2) is 0 Å². The average Bonchev–Trinajstić information content (AvgIpc) is 3.15. The minimum absolute atomic E-state index is 0.261. The Hall–Kier alpha value is -2.09. The third kappa shape index (κ3) is 4.01. The monoisotopic (exact) mass is 368 g/mol. The summed E-state index contributed by atoms with van der Waals surface area (Å²) in [5.41, 5.74) is 0. The van der Waals surface area contributed by atoms with Crippen LogP contribution in [-0.2, 0) is 6.61 Å². The molecule has 0 aliphatic heterocycles. The number of hydrogen-bond acceptors (Lipinski definition) is 5. The molecule has 3 rings (SSSR count). The molecule has 1 aromatic carbocycles. The number of rotatable bonds is 5. The van der Waals surface area contributed by atoms with Crippen LogP contribution in [0.25, 0.3) is 0 Å². The third-order valence-electron chi connectivity index (χ3n) is 2.80. The van der Waals surface area contributed by atoms with E-state index in [1.807, 2.05) is 0 Å². The minimum atomic E-state index is 0.261. The van der Waals surface area contributed by atoms with Gasteiger partial charge in [0, 0.05) is 6.07 Å². The molecule has 0 saturated heterocycles. The second-order valence-corrected chi connectivity index (χ2v) is 5.62. The largest absolute Gasteiger partial charge is 0.486 e. The third-order valence-corrected chi connectivity index (χ3v) is 3.82. The lowest BCUT2D eigenvalue weighted by molar-refractivity contribution is 0.270. The smallest absolute Gasteiger partial charge is 0.216 e. The summed E-state index contributed by atoms with van der Waals surface area (Å²) in [5, 5.41) is 11.4. The Morgan fingerprint density at radius 2 is 2.17 bits per heavy atom. The maximum Gasteiger partial charge on any atom is 0.216 e. The van der Waals surface area contributed by atoms with Gasteiger partial charge in [0.2, 0.25) is 4.77 Å². The Kier molecular flexibility index (Phi) is 4.80. The highest BCUT2D eigenvalue weighted by Crippen LogP contribution is 2.26. The SMILES string of the molecule is S=c1[nH]ncn1/N=C/c1ccc(COc2ccc(Cl)c(Cl)c2)o1. The van der Waals surface area contributed by atoms with Crippen LogP contribution >= 0.6 is 35.4 Å².